The zero-order chi connectivity index (χ0) is 42.9. The second kappa shape index (κ2) is 17.6. The number of ether oxygens (including phenoxy) is 1. The summed E-state index contributed by atoms with van der Waals surface area (Å²) in [5, 5.41) is 8.74. The van der Waals surface area contributed by atoms with Gasteiger partial charge in [-0.1, -0.05) is 0 Å². The van der Waals surface area contributed by atoms with E-state index in [0.29, 0.717) is 41.8 Å². The van der Waals surface area contributed by atoms with Crippen LogP contribution in [-0.4, -0.2) is 115 Å². The number of nitrogens with zero attached hydrogens (tertiary/aromatic N) is 7. The van der Waals surface area contributed by atoms with Crippen LogP contribution in [0.5, 0.6) is 5.75 Å². The van der Waals surface area contributed by atoms with Crippen LogP contribution in [0.1, 0.15) is 92.7 Å². The number of benzene rings is 1. The summed E-state index contributed by atoms with van der Waals surface area (Å²) >= 11 is 0. The van der Waals surface area contributed by atoms with Crippen LogP contribution in [0.3, 0.4) is 0 Å². The lowest BCUT2D eigenvalue weighted by Gasteiger charge is -2.40. The van der Waals surface area contributed by atoms with Crippen molar-refractivity contribution in [1.82, 2.24) is 30.5 Å². The molecule has 15 nitrogen and oxygen atoms in total. The van der Waals surface area contributed by atoms with E-state index in [1.54, 1.807) is 32.0 Å². The fourth-order valence-electron chi connectivity index (χ4n) is 9.00. The molecule has 1 unspecified atom stereocenters. The number of rotatable bonds is 11. The molecule has 2 aromatic heterocycles. The van der Waals surface area contributed by atoms with Crippen molar-refractivity contribution in [3.63, 3.8) is 0 Å². The van der Waals surface area contributed by atoms with Crippen LogP contribution in [-0.2, 0) is 14.4 Å². The number of amides is 4. The van der Waals surface area contributed by atoms with E-state index in [9.17, 15) is 28.0 Å². The maximum absolute atomic E-state index is 14.8. The molecule has 0 bridgehead atoms. The Labute approximate surface area is 349 Å². The van der Waals surface area contributed by atoms with E-state index in [1.165, 1.54) is 25.3 Å². The minimum Gasteiger partial charge on any atom is -0.495 e. The number of alkyl halides is 2. The Morgan fingerprint density at radius 1 is 1.02 bits per heavy atom. The van der Waals surface area contributed by atoms with E-state index in [-0.39, 0.29) is 53.2 Å². The smallest absolute Gasteiger partial charge is 0.342 e. The van der Waals surface area contributed by atoms with E-state index in [2.05, 4.69) is 54.7 Å². The molecule has 3 fully saturated rings. The third-order valence-corrected chi connectivity index (χ3v) is 12.6. The van der Waals surface area contributed by atoms with Crippen LogP contribution in [0.25, 0.3) is 0 Å². The molecule has 3 N–H and O–H groups in total. The molecule has 3 aromatic rings. The quantitative estimate of drug-likeness (QED) is 0.218. The Balaban J connectivity index is 0.882. The summed E-state index contributed by atoms with van der Waals surface area (Å²) in [6, 6.07) is 7.22. The molecule has 3 aliphatic heterocycles. The predicted molar refractivity (Wildman–Crippen MR) is 224 cm³/mol. The van der Waals surface area contributed by atoms with Gasteiger partial charge in [-0.05, 0) is 109 Å². The van der Waals surface area contributed by atoms with Gasteiger partial charge in [-0.3, -0.25) is 29.5 Å². The first-order valence-electron chi connectivity index (χ1n) is 20.9. The van der Waals surface area contributed by atoms with Crippen molar-refractivity contribution in [3.8, 4) is 5.75 Å². The van der Waals surface area contributed by atoms with Gasteiger partial charge in [0.25, 0.3) is 11.8 Å². The van der Waals surface area contributed by atoms with Crippen LogP contribution in [0.15, 0.2) is 36.7 Å². The molecule has 322 valence electrons. The molecule has 2 saturated heterocycles. The molecule has 1 aliphatic carbocycles. The molecule has 1 aromatic carbocycles. The van der Waals surface area contributed by atoms with Crippen molar-refractivity contribution < 1.29 is 32.7 Å². The minimum atomic E-state index is -3.60. The number of hydrogen-bond donors (Lipinski definition) is 3. The number of aromatic nitrogens is 3. The summed E-state index contributed by atoms with van der Waals surface area (Å²) in [5.41, 5.74) is 4.01. The third kappa shape index (κ3) is 9.15. The highest BCUT2D eigenvalue weighted by atomic mass is 19.3. The highest BCUT2D eigenvalue weighted by molar-refractivity contribution is 6.02. The van der Waals surface area contributed by atoms with Gasteiger partial charge < -0.3 is 35.0 Å². The normalized spacial score (nSPS) is 22.4. The molecule has 1 saturated carbocycles. The van der Waals surface area contributed by atoms with Crippen molar-refractivity contribution in [2.24, 2.45) is 5.92 Å². The second-order valence-electron chi connectivity index (χ2n) is 17.0. The Hall–Kier alpha value is -5.45. The van der Waals surface area contributed by atoms with Gasteiger partial charge in [0.15, 0.2) is 5.82 Å². The highest BCUT2D eigenvalue weighted by Gasteiger charge is 2.48. The molecule has 5 heterocycles. The number of nitrogens with one attached hydrogen (secondary N) is 3. The van der Waals surface area contributed by atoms with E-state index < -0.39 is 18.4 Å². The van der Waals surface area contributed by atoms with Crippen LogP contribution in [0, 0.1) is 12.8 Å². The number of halogens is 2. The Kier molecular flexibility index (Phi) is 12.5. The molecular formula is C43H56F2N10O5. The van der Waals surface area contributed by atoms with Gasteiger partial charge in [0.2, 0.25) is 17.8 Å². The number of methoxy groups -OCH3 is 1. The Bertz CT molecular complexity index is 2100. The van der Waals surface area contributed by atoms with E-state index in [0.717, 1.165) is 80.0 Å². The predicted octanol–water partition coefficient (Wildman–Crippen LogP) is 5.17. The van der Waals surface area contributed by atoms with Crippen molar-refractivity contribution in [1.29, 1.82) is 0 Å². The number of carbonyl (C=O) groups excluding carboxylic acids is 4. The third-order valence-electron chi connectivity index (χ3n) is 12.6. The number of pyridine rings is 1. The Morgan fingerprint density at radius 2 is 1.73 bits per heavy atom. The van der Waals surface area contributed by atoms with Crippen molar-refractivity contribution in [2.75, 3.05) is 67.4 Å². The van der Waals surface area contributed by atoms with Gasteiger partial charge in [0.05, 0.1) is 49.0 Å². The number of piperidine rings is 2. The lowest BCUT2D eigenvalue weighted by molar-refractivity contribution is -0.140. The first kappa shape index (κ1) is 42.7. The summed E-state index contributed by atoms with van der Waals surface area (Å²) in [7, 11) is 5.01. The highest BCUT2D eigenvalue weighted by Crippen LogP contribution is 2.38. The van der Waals surface area contributed by atoms with Crippen LogP contribution >= 0.6 is 0 Å². The average Bonchev–Trinajstić information content (AvgIpc) is 3.30. The molecule has 17 heteroatoms. The standard InChI is InChI=1S/C43H56F2N10O5/c1-25(2)55-24-43(44,45)41(59)53(5)35-22-47-42(51-38(35)55)49-32-13-9-28(20-36(32)60-6)39(57)48-29-10-7-27(8-11-29)23-52(4)30-15-17-54(18-16-30)34-21-46-33(19-26(34)3)31-12-14-37(56)50-40(31)58/h9,13,19-22,25,27,29-31H,7-8,10-12,14-18,23-24H2,1-6H3,(H,48,57)(H,47,49,51)(H,50,56,58). The summed E-state index contributed by atoms with van der Waals surface area (Å²) < 4.78 is 35.1. The molecule has 1 atom stereocenters. The minimum absolute atomic E-state index is 0.0681. The summed E-state index contributed by atoms with van der Waals surface area (Å²) in [6.45, 7) is 7.64. The van der Waals surface area contributed by atoms with Crippen molar-refractivity contribution in [3.05, 3.63) is 53.5 Å². The Morgan fingerprint density at radius 3 is 2.40 bits per heavy atom. The average molecular weight is 831 g/mol. The fourth-order valence-corrected chi connectivity index (χ4v) is 9.00. The van der Waals surface area contributed by atoms with E-state index in [1.807, 2.05) is 12.3 Å². The molecule has 60 heavy (non-hydrogen) atoms. The van der Waals surface area contributed by atoms with Crippen LogP contribution in [0.2, 0.25) is 0 Å². The fraction of sp³-hybridized carbons (Fsp3) is 0.558. The molecule has 0 radical (unpaired) electrons. The number of carbonyl (C=O) groups is 4. The lowest BCUT2D eigenvalue weighted by atomic mass is 9.85. The summed E-state index contributed by atoms with van der Waals surface area (Å²) in [6.07, 6.45) is 10.0. The number of imide groups is 1. The molecular weight excluding hydrogens is 775 g/mol. The number of aryl methyl sites for hydroxylation is 1. The van der Waals surface area contributed by atoms with E-state index >= 15 is 0 Å². The molecule has 0 spiro atoms. The first-order valence-corrected chi connectivity index (χ1v) is 20.9. The maximum Gasteiger partial charge on any atom is 0.342 e. The first-order chi connectivity index (χ1) is 28.6. The van der Waals surface area contributed by atoms with Gasteiger partial charge in [0.1, 0.15) is 11.4 Å². The topological polar surface area (TPSA) is 165 Å². The van der Waals surface area contributed by atoms with Crippen LogP contribution in [0.4, 0.5) is 37.6 Å². The van der Waals surface area contributed by atoms with Crippen LogP contribution < -0.4 is 35.4 Å². The zero-order valence-corrected chi connectivity index (χ0v) is 35.3. The van der Waals surface area contributed by atoms with E-state index in [4.69, 9.17) is 4.74 Å². The SMILES string of the molecule is COc1cc(C(=O)NC2CCC(CN(C)C3CCN(c4cnc(C5CCC(=O)NC5=O)cc4C)CC3)CC2)ccc1Nc1ncc2c(n1)N(C(C)C)CC(F)(F)C(=O)N2C. The second-order valence-corrected chi connectivity index (χ2v) is 17.0. The van der Waals surface area contributed by atoms with Gasteiger partial charge >= 0.3 is 5.92 Å². The summed E-state index contributed by atoms with van der Waals surface area (Å²) in [4.78, 5) is 70.5. The molecule has 7 rings (SSSR count). The molecule has 4 aliphatic rings. The molecule has 4 amide bonds. The summed E-state index contributed by atoms with van der Waals surface area (Å²) in [5.74, 6) is -4.72. The van der Waals surface area contributed by atoms with Gasteiger partial charge in [-0.2, -0.15) is 13.8 Å². The number of hydrogen-bond acceptors (Lipinski definition) is 12. The van der Waals surface area contributed by atoms with Crippen molar-refractivity contribution in [2.45, 2.75) is 102 Å². The lowest BCUT2D eigenvalue weighted by Crippen LogP contribution is -2.47. The maximum atomic E-state index is 14.8. The number of anilines is 5. The monoisotopic (exact) mass is 830 g/mol. The van der Waals surface area contributed by atoms with Gasteiger partial charge in [0, 0.05) is 56.8 Å². The largest absolute Gasteiger partial charge is 0.495 e. The van der Waals surface area contributed by atoms with Gasteiger partial charge in [-0.15, -0.1) is 0 Å². The van der Waals surface area contributed by atoms with Gasteiger partial charge in [-0.25, -0.2) is 4.98 Å². The van der Waals surface area contributed by atoms with Crippen molar-refractivity contribution >= 4 is 52.5 Å². The number of fused-ring (bicyclic) bond motifs is 1. The zero-order valence-electron chi connectivity index (χ0n) is 35.3.